The fourth-order valence-electron chi connectivity index (χ4n) is 3.88. The number of nitrogens with zero attached hydrogens (tertiary/aromatic N) is 2. The van der Waals surface area contributed by atoms with Gasteiger partial charge in [0.1, 0.15) is 0 Å². The quantitative estimate of drug-likeness (QED) is 0.672. The average molecular weight is 393 g/mol. The van der Waals surface area contributed by atoms with Crippen LogP contribution in [0.25, 0.3) is 10.9 Å². The third-order valence-electron chi connectivity index (χ3n) is 5.42. The zero-order valence-corrected chi connectivity index (χ0v) is 16.5. The molecule has 1 amide bonds. The number of rotatable bonds is 5. The van der Waals surface area contributed by atoms with Gasteiger partial charge >= 0.3 is 0 Å². The lowest BCUT2D eigenvalue weighted by molar-refractivity contribution is 0.0633. The Balaban J connectivity index is 1.53. The second-order valence-electron chi connectivity index (χ2n) is 7.14. The molecule has 1 aliphatic rings. The van der Waals surface area contributed by atoms with E-state index in [1.54, 1.807) is 37.3 Å². The van der Waals surface area contributed by atoms with Crippen molar-refractivity contribution in [3.05, 3.63) is 53.7 Å². The summed E-state index contributed by atoms with van der Waals surface area (Å²) in [5.41, 5.74) is 1.79. The van der Waals surface area contributed by atoms with Crippen molar-refractivity contribution in [1.82, 2.24) is 15.1 Å². The van der Waals surface area contributed by atoms with Crippen molar-refractivity contribution in [1.29, 1.82) is 0 Å². The zero-order chi connectivity index (χ0) is 20.4. The molecule has 7 nitrogen and oxygen atoms in total. The summed E-state index contributed by atoms with van der Waals surface area (Å²) >= 11 is 0. The topological polar surface area (TPSA) is 84.5 Å². The van der Waals surface area contributed by atoms with Gasteiger partial charge in [-0.3, -0.25) is 14.7 Å². The Labute approximate surface area is 168 Å². The van der Waals surface area contributed by atoms with E-state index in [9.17, 15) is 9.59 Å². The van der Waals surface area contributed by atoms with E-state index >= 15 is 0 Å². The molecule has 150 valence electrons. The number of ether oxygens (including phenoxy) is 2. The summed E-state index contributed by atoms with van der Waals surface area (Å²) in [6, 6.07) is 12.7. The van der Waals surface area contributed by atoms with Gasteiger partial charge in [0.05, 0.1) is 19.7 Å². The van der Waals surface area contributed by atoms with Crippen molar-refractivity contribution in [2.45, 2.75) is 12.8 Å². The molecule has 0 aliphatic carbocycles. The molecule has 29 heavy (non-hydrogen) atoms. The molecule has 1 unspecified atom stereocenters. The van der Waals surface area contributed by atoms with E-state index in [0.717, 1.165) is 23.7 Å². The van der Waals surface area contributed by atoms with Crippen LogP contribution in [0.2, 0.25) is 0 Å². The van der Waals surface area contributed by atoms with E-state index in [4.69, 9.17) is 9.47 Å². The van der Waals surface area contributed by atoms with Gasteiger partial charge in [-0.2, -0.15) is 5.10 Å². The highest BCUT2D eigenvalue weighted by molar-refractivity contribution is 6.05. The number of para-hydroxylation sites is 1. The molecule has 0 radical (unpaired) electrons. The maximum absolute atomic E-state index is 13.1. The normalized spacial score (nSPS) is 16.6. The van der Waals surface area contributed by atoms with Gasteiger partial charge in [-0.25, -0.2) is 0 Å². The predicted octanol–water partition coefficient (Wildman–Crippen LogP) is 3.32. The van der Waals surface area contributed by atoms with Crippen molar-refractivity contribution in [3.8, 4) is 11.5 Å². The first-order valence-corrected chi connectivity index (χ1v) is 9.61. The molecule has 1 saturated heterocycles. The number of likely N-dealkylation sites (tertiary alicyclic amines) is 1. The van der Waals surface area contributed by atoms with Crippen molar-refractivity contribution in [2.24, 2.45) is 5.92 Å². The Bertz CT molecular complexity index is 1060. The molecule has 2 aromatic carbocycles. The fourth-order valence-corrected chi connectivity index (χ4v) is 3.88. The molecule has 1 aliphatic heterocycles. The molecule has 3 aromatic rings. The van der Waals surface area contributed by atoms with Gasteiger partial charge in [-0.1, -0.05) is 18.2 Å². The van der Waals surface area contributed by atoms with Crippen LogP contribution in [0.3, 0.4) is 0 Å². The van der Waals surface area contributed by atoms with Crippen LogP contribution >= 0.6 is 0 Å². The molecule has 1 N–H and O–H groups in total. The van der Waals surface area contributed by atoms with Crippen molar-refractivity contribution in [2.75, 3.05) is 27.3 Å². The minimum atomic E-state index is -0.254. The largest absolute Gasteiger partial charge is 0.493 e. The highest BCUT2D eigenvalue weighted by atomic mass is 16.5. The number of H-pyrrole nitrogens is 1. The molecule has 0 saturated carbocycles. The number of piperidine rings is 1. The lowest BCUT2D eigenvalue weighted by Gasteiger charge is -2.31. The van der Waals surface area contributed by atoms with Gasteiger partial charge in [-0.15, -0.1) is 0 Å². The second-order valence-corrected chi connectivity index (χ2v) is 7.14. The van der Waals surface area contributed by atoms with Crippen molar-refractivity contribution >= 4 is 22.6 Å². The lowest BCUT2D eigenvalue weighted by Crippen LogP contribution is -2.42. The number of hydrogen-bond acceptors (Lipinski definition) is 5. The standard InChI is InChI=1S/C22H23N3O4/c1-28-18-10-9-14(12-19(18)29-2)21(26)15-6-5-11-25(13-15)22(27)20-16-7-3-4-8-17(16)23-24-20/h3-4,7-10,12,15H,5-6,11,13H2,1-2H3,(H,23,24). The molecule has 4 rings (SSSR count). The Kier molecular flexibility index (Phi) is 5.20. The molecule has 7 heteroatoms. The molecule has 1 fully saturated rings. The van der Waals surface area contributed by atoms with Gasteiger partial charge in [-0.05, 0) is 37.1 Å². The van der Waals surface area contributed by atoms with Crippen LogP contribution < -0.4 is 9.47 Å². The van der Waals surface area contributed by atoms with Crippen LogP contribution in [-0.2, 0) is 0 Å². The van der Waals surface area contributed by atoms with Crippen LogP contribution in [0.15, 0.2) is 42.5 Å². The zero-order valence-electron chi connectivity index (χ0n) is 16.5. The third kappa shape index (κ3) is 3.55. The minimum Gasteiger partial charge on any atom is -0.493 e. The van der Waals surface area contributed by atoms with Gasteiger partial charge in [0, 0.05) is 30.0 Å². The Morgan fingerprint density at radius 3 is 2.69 bits per heavy atom. The summed E-state index contributed by atoms with van der Waals surface area (Å²) in [7, 11) is 3.10. The molecule has 2 heterocycles. The fraction of sp³-hybridized carbons (Fsp3) is 0.318. The van der Waals surface area contributed by atoms with Gasteiger partial charge in [0.2, 0.25) is 0 Å². The first-order chi connectivity index (χ1) is 14.1. The Morgan fingerprint density at radius 1 is 1.10 bits per heavy atom. The van der Waals surface area contributed by atoms with Crippen LogP contribution in [0, 0.1) is 5.92 Å². The number of carbonyl (C=O) groups excluding carboxylic acids is 2. The number of aromatic amines is 1. The summed E-state index contributed by atoms with van der Waals surface area (Å²) < 4.78 is 10.6. The number of hydrogen-bond donors (Lipinski definition) is 1. The first-order valence-electron chi connectivity index (χ1n) is 9.61. The van der Waals surface area contributed by atoms with E-state index in [1.165, 1.54) is 0 Å². The maximum atomic E-state index is 13.1. The number of Topliss-reactive ketones (excluding diaryl/α,β-unsaturated/α-hetero) is 1. The number of aromatic nitrogens is 2. The summed E-state index contributed by atoms with van der Waals surface area (Å²) in [4.78, 5) is 27.9. The molecule has 1 atom stereocenters. The SMILES string of the molecule is COc1ccc(C(=O)C2CCCN(C(=O)c3n[nH]c4ccccc34)C2)cc1OC. The van der Waals surface area contributed by atoms with Gasteiger partial charge in [0.25, 0.3) is 5.91 Å². The monoisotopic (exact) mass is 393 g/mol. The Hall–Kier alpha value is -3.35. The minimum absolute atomic E-state index is 0.00957. The van der Waals surface area contributed by atoms with E-state index < -0.39 is 0 Å². The van der Waals surface area contributed by atoms with E-state index in [2.05, 4.69) is 10.2 Å². The number of benzene rings is 2. The van der Waals surface area contributed by atoms with E-state index in [1.807, 2.05) is 24.3 Å². The predicted molar refractivity (Wildman–Crippen MR) is 109 cm³/mol. The van der Waals surface area contributed by atoms with Crippen LogP contribution in [0.1, 0.15) is 33.7 Å². The number of methoxy groups -OCH3 is 2. The van der Waals surface area contributed by atoms with Crippen LogP contribution in [0.5, 0.6) is 11.5 Å². The summed E-state index contributed by atoms with van der Waals surface area (Å²) in [5.74, 6) is 0.707. The van der Waals surface area contributed by atoms with Gasteiger partial charge in [0.15, 0.2) is 23.0 Å². The van der Waals surface area contributed by atoms with Gasteiger partial charge < -0.3 is 14.4 Å². The molecule has 0 spiro atoms. The third-order valence-corrected chi connectivity index (χ3v) is 5.42. The number of amides is 1. The van der Waals surface area contributed by atoms with Crippen LogP contribution in [-0.4, -0.2) is 54.1 Å². The Morgan fingerprint density at radius 2 is 1.90 bits per heavy atom. The lowest BCUT2D eigenvalue weighted by atomic mass is 9.89. The molecular weight excluding hydrogens is 370 g/mol. The summed E-state index contributed by atoms with van der Waals surface area (Å²) in [6.07, 6.45) is 1.52. The molecule has 1 aromatic heterocycles. The number of fused-ring (bicyclic) bond motifs is 1. The highest BCUT2D eigenvalue weighted by Crippen LogP contribution is 2.30. The maximum Gasteiger partial charge on any atom is 0.275 e. The summed E-state index contributed by atoms with van der Waals surface area (Å²) in [6.45, 7) is 1.00. The number of nitrogens with one attached hydrogen (secondary N) is 1. The number of ketones is 1. The van der Waals surface area contributed by atoms with Crippen molar-refractivity contribution in [3.63, 3.8) is 0 Å². The molecule has 0 bridgehead atoms. The smallest absolute Gasteiger partial charge is 0.275 e. The summed E-state index contributed by atoms with van der Waals surface area (Å²) in [5, 5.41) is 7.91. The van der Waals surface area contributed by atoms with E-state index in [-0.39, 0.29) is 17.6 Å². The highest BCUT2D eigenvalue weighted by Gasteiger charge is 2.31. The average Bonchev–Trinajstić information content (AvgIpc) is 3.21. The first kappa shape index (κ1) is 19.0. The number of carbonyl (C=O) groups is 2. The van der Waals surface area contributed by atoms with Crippen LogP contribution in [0.4, 0.5) is 0 Å². The van der Waals surface area contributed by atoms with Crippen molar-refractivity contribution < 1.29 is 19.1 Å². The molecular formula is C22H23N3O4. The second kappa shape index (κ2) is 7.95. The van der Waals surface area contributed by atoms with E-state index in [0.29, 0.717) is 35.8 Å².